The Morgan fingerprint density at radius 1 is 1.53 bits per heavy atom. The largest absolute Gasteiger partial charge is 0.466 e. The van der Waals surface area contributed by atoms with Crippen LogP contribution in [0.1, 0.15) is 30.5 Å². The van der Waals surface area contributed by atoms with Crippen LogP contribution in [0, 0.1) is 0 Å². The maximum Gasteiger partial charge on any atom is 0.307 e. The molecule has 0 fully saturated rings. The van der Waals surface area contributed by atoms with E-state index in [1.54, 1.807) is 0 Å². The van der Waals surface area contributed by atoms with Crippen molar-refractivity contribution in [2.24, 2.45) is 0 Å². The molecule has 0 aliphatic carbocycles. The van der Waals surface area contributed by atoms with Gasteiger partial charge in [-0.3, -0.25) is 4.79 Å². The summed E-state index contributed by atoms with van der Waals surface area (Å²) < 4.78 is 4.94. The van der Waals surface area contributed by atoms with E-state index < -0.39 is 0 Å². The first-order valence-corrected chi connectivity index (χ1v) is 5.28. The van der Waals surface area contributed by atoms with Gasteiger partial charge in [-0.1, -0.05) is 24.3 Å². The highest BCUT2D eigenvalue weighted by atomic mass is 16.5. The maximum absolute atomic E-state index is 11.3. The van der Waals surface area contributed by atoms with Gasteiger partial charge in [0.25, 0.3) is 0 Å². The third kappa shape index (κ3) is 2.18. The van der Waals surface area contributed by atoms with E-state index in [1.165, 1.54) is 11.1 Å². The van der Waals surface area contributed by atoms with Crippen molar-refractivity contribution in [1.82, 2.24) is 5.32 Å². The number of carbonyl (C=O) groups excluding carboxylic acids is 1. The second kappa shape index (κ2) is 4.45. The lowest BCUT2D eigenvalue weighted by molar-refractivity contribution is -0.143. The monoisotopic (exact) mass is 205 g/mol. The molecule has 0 spiro atoms. The molecule has 1 aromatic carbocycles. The molecule has 0 aromatic heterocycles. The van der Waals surface area contributed by atoms with Crippen molar-refractivity contribution in [3.8, 4) is 0 Å². The lowest BCUT2D eigenvalue weighted by Gasteiger charge is -2.10. The van der Waals surface area contributed by atoms with Gasteiger partial charge in [-0.2, -0.15) is 0 Å². The molecule has 0 saturated heterocycles. The van der Waals surface area contributed by atoms with Crippen molar-refractivity contribution in [3.63, 3.8) is 0 Å². The highest BCUT2D eigenvalue weighted by Gasteiger charge is 2.23. The zero-order valence-corrected chi connectivity index (χ0v) is 8.82. The number of esters is 1. The lowest BCUT2D eigenvalue weighted by atomic mass is 10.0. The normalized spacial score (nSPS) is 18.6. The highest BCUT2D eigenvalue weighted by Crippen LogP contribution is 2.27. The summed E-state index contributed by atoms with van der Waals surface area (Å²) >= 11 is 0. The topological polar surface area (TPSA) is 38.3 Å². The molecule has 2 rings (SSSR count). The van der Waals surface area contributed by atoms with Gasteiger partial charge in [-0.25, -0.2) is 0 Å². The van der Waals surface area contributed by atoms with Crippen molar-refractivity contribution in [2.45, 2.75) is 25.9 Å². The summed E-state index contributed by atoms with van der Waals surface area (Å²) in [5.41, 5.74) is 2.51. The summed E-state index contributed by atoms with van der Waals surface area (Å²) in [6, 6.07) is 8.31. The van der Waals surface area contributed by atoms with E-state index in [2.05, 4.69) is 17.4 Å². The summed E-state index contributed by atoms with van der Waals surface area (Å²) in [6.07, 6.45) is 0.421. The van der Waals surface area contributed by atoms with E-state index in [-0.39, 0.29) is 12.0 Å². The maximum atomic E-state index is 11.3. The average Bonchev–Trinajstić information content (AvgIpc) is 2.62. The Bertz CT molecular complexity index is 362. The number of ether oxygens (including phenoxy) is 1. The van der Waals surface area contributed by atoms with Crippen LogP contribution in [0.4, 0.5) is 0 Å². The van der Waals surface area contributed by atoms with Gasteiger partial charge in [0, 0.05) is 12.6 Å². The SMILES string of the molecule is CCOC(=O)CC1NCc2ccccc21. The predicted molar refractivity (Wildman–Crippen MR) is 57.3 cm³/mol. The van der Waals surface area contributed by atoms with Gasteiger partial charge in [0.15, 0.2) is 0 Å². The van der Waals surface area contributed by atoms with E-state index in [1.807, 2.05) is 19.1 Å². The van der Waals surface area contributed by atoms with E-state index in [0.29, 0.717) is 13.0 Å². The van der Waals surface area contributed by atoms with E-state index in [0.717, 1.165) is 6.54 Å². The van der Waals surface area contributed by atoms with E-state index >= 15 is 0 Å². The molecular formula is C12H15NO2. The molecule has 1 aromatic rings. The molecule has 0 radical (unpaired) electrons. The molecule has 1 aliphatic heterocycles. The van der Waals surface area contributed by atoms with Crippen molar-refractivity contribution in [1.29, 1.82) is 0 Å². The Kier molecular flexibility index (Phi) is 3.02. The Morgan fingerprint density at radius 3 is 3.13 bits per heavy atom. The molecule has 0 amide bonds. The van der Waals surface area contributed by atoms with Crippen molar-refractivity contribution < 1.29 is 9.53 Å². The van der Waals surface area contributed by atoms with Gasteiger partial charge in [-0.05, 0) is 18.1 Å². The minimum Gasteiger partial charge on any atom is -0.466 e. The van der Waals surface area contributed by atoms with Gasteiger partial charge in [0.2, 0.25) is 0 Å². The van der Waals surface area contributed by atoms with Crippen LogP contribution < -0.4 is 5.32 Å². The molecule has 0 bridgehead atoms. The average molecular weight is 205 g/mol. The molecule has 1 unspecified atom stereocenters. The van der Waals surface area contributed by atoms with Gasteiger partial charge < -0.3 is 10.1 Å². The summed E-state index contributed by atoms with van der Waals surface area (Å²) in [5, 5.41) is 3.31. The molecule has 1 atom stereocenters. The Labute approximate surface area is 89.4 Å². The van der Waals surface area contributed by atoms with Crippen molar-refractivity contribution in [2.75, 3.05) is 6.61 Å². The van der Waals surface area contributed by atoms with Gasteiger partial charge in [0.1, 0.15) is 0 Å². The fourth-order valence-corrected chi connectivity index (χ4v) is 1.95. The second-order valence-electron chi connectivity index (χ2n) is 3.64. The van der Waals surface area contributed by atoms with Gasteiger partial charge in [0.05, 0.1) is 13.0 Å². The molecule has 1 N–H and O–H groups in total. The van der Waals surface area contributed by atoms with Crippen LogP contribution in [0.2, 0.25) is 0 Å². The first-order valence-electron chi connectivity index (χ1n) is 5.28. The van der Waals surface area contributed by atoms with Crippen LogP contribution in [0.25, 0.3) is 0 Å². The number of benzene rings is 1. The molecule has 1 aliphatic rings. The highest BCUT2D eigenvalue weighted by molar-refractivity contribution is 5.70. The van der Waals surface area contributed by atoms with Crippen LogP contribution >= 0.6 is 0 Å². The van der Waals surface area contributed by atoms with Crippen LogP contribution in [0.3, 0.4) is 0 Å². The molecule has 3 heteroatoms. The zero-order valence-electron chi connectivity index (χ0n) is 8.82. The smallest absolute Gasteiger partial charge is 0.307 e. The molecule has 1 heterocycles. The summed E-state index contributed by atoms with van der Waals surface area (Å²) in [6.45, 7) is 3.13. The quantitative estimate of drug-likeness (QED) is 0.764. The van der Waals surface area contributed by atoms with Gasteiger partial charge in [-0.15, -0.1) is 0 Å². The standard InChI is InChI=1S/C12H15NO2/c1-2-15-12(14)7-11-10-6-4-3-5-9(10)8-13-11/h3-6,11,13H,2,7-8H2,1H3. The fraction of sp³-hybridized carbons (Fsp3) is 0.417. The Morgan fingerprint density at radius 2 is 2.33 bits per heavy atom. The summed E-state index contributed by atoms with van der Waals surface area (Å²) in [7, 11) is 0. The second-order valence-corrected chi connectivity index (χ2v) is 3.64. The molecule has 15 heavy (non-hydrogen) atoms. The van der Waals surface area contributed by atoms with Crippen molar-refractivity contribution >= 4 is 5.97 Å². The zero-order chi connectivity index (χ0) is 10.7. The molecular weight excluding hydrogens is 190 g/mol. The fourth-order valence-electron chi connectivity index (χ4n) is 1.95. The van der Waals surface area contributed by atoms with Gasteiger partial charge >= 0.3 is 5.97 Å². The Balaban J connectivity index is 2.04. The Hall–Kier alpha value is -1.35. The van der Waals surface area contributed by atoms with Crippen LogP contribution in [-0.2, 0) is 16.1 Å². The number of nitrogens with one attached hydrogen (secondary N) is 1. The minimum absolute atomic E-state index is 0.125. The summed E-state index contributed by atoms with van der Waals surface area (Å²) in [4.78, 5) is 11.3. The van der Waals surface area contributed by atoms with Crippen LogP contribution in [0.5, 0.6) is 0 Å². The minimum atomic E-state index is -0.133. The number of carbonyl (C=O) groups is 1. The van der Waals surface area contributed by atoms with Crippen LogP contribution in [-0.4, -0.2) is 12.6 Å². The third-order valence-electron chi connectivity index (χ3n) is 2.65. The third-order valence-corrected chi connectivity index (χ3v) is 2.65. The first kappa shape index (κ1) is 10.2. The predicted octanol–water partition coefficient (Wildman–Crippen LogP) is 1.78. The molecule has 0 saturated carbocycles. The van der Waals surface area contributed by atoms with Crippen LogP contribution in [0.15, 0.2) is 24.3 Å². The number of hydrogen-bond acceptors (Lipinski definition) is 3. The number of hydrogen-bond donors (Lipinski definition) is 1. The number of fused-ring (bicyclic) bond motifs is 1. The van der Waals surface area contributed by atoms with Crippen molar-refractivity contribution in [3.05, 3.63) is 35.4 Å². The number of rotatable bonds is 3. The van der Waals surface area contributed by atoms with E-state index in [4.69, 9.17) is 4.74 Å². The molecule has 3 nitrogen and oxygen atoms in total. The summed E-state index contributed by atoms with van der Waals surface area (Å²) in [5.74, 6) is -0.133. The lowest BCUT2D eigenvalue weighted by Crippen LogP contribution is -2.17. The molecule has 80 valence electrons. The first-order chi connectivity index (χ1) is 7.31. The van der Waals surface area contributed by atoms with E-state index in [9.17, 15) is 4.79 Å².